The van der Waals surface area contributed by atoms with Gasteiger partial charge in [-0.3, -0.25) is 0 Å². The molecule has 0 radical (unpaired) electrons. The minimum atomic E-state index is -0.0851. The smallest absolute Gasteiger partial charge is 0.181 e. The van der Waals surface area contributed by atoms with Crippen molar-refractivity contribution in [3.63, 3.8) is 0 Å². The number of thiophene rings is 2. The second-order valence-electron chi connectivity index (χ2n) is 9.19. The predicted octanol–water partition coefficient (Wildman–Crippen LogP) is 4.02. The Labute approximate surface area is 235 Å². The summed E-state index contributed by atoms with van der Waals surface area (Å²) < 4.78 is 51.1. The van der Waals surface area contributed by atoms with Crippen molar-refractivity contribution >= 4 is 56.0 Å². The number of fused-ring (bicyclic) bond motifs is 2. The van der Waals surface area contributed by atoms with Crippen molar-refractivity contribution in [1.82, 2.24) is 0 Å². The number of hydrogen-bond donors (Lipinski definition) is 0. The summed E-state index contributed by atoms with van der Waals surface area (Å²) in [4.78, 5) is 4.26. The van der Waals surface area contributed by atoms with Gasteiger partial charge in [0.25, 0.3) is 0 Å². The molecule has 2 unspecified atom stereocenters. The summed E-state index contributed by atoms with van der Waals surface area (Å²) in [5.41, 5.74) is 0. The first-order valence-electron chi connectivity index (χ1n) is 12.6. The third kappa shape index (κ3) is 3.49. The molecule has 12 heteroatoms. The van der Waals surface area contributed by atoms with Crippen molar-refractivity contribution in [3.8, 4) is 23.0 Å². The van der Waals surface area contributed by atoms with Gasteiger partial charge in [0.2, 0.25) is 0 Å². The highest BCUT2D eigenvalue weighted by Gasteiger charge is 2.43. The highest BCUT2D eigenvalue weighted by atomic mass is 32.2. The average molecular weight is 593 g/mol. The van der Waals surface area contributed by atoms with Crippen LogP contribution in [0.4, 0.5) is 0 Å². The van der Waals surface area contributed by atoms with Crippen molar-refractivity contribution in [2.24, 2.45) is 0 Å². The molecule has 2 aromatic rings. The van der Waals surface area contributed by atoms with Crippen LogP contribution < -0.4 is 28.0 Å². The molecule has 0 spiro atoms. The van der Waals surface area contributed by atoms with Crippen molar-refractivity contribution in [3.05, 3.63) is 41.9 Å². The van der Waals surface area contributed by atoms with Gasteiger partial charge in [0.05, 0.1) is 29.0 Å². The molecule has 8 rings (SSSR count). The largest absolute Gasteiger partial charge is 0.489 e. The molecule has 2 atom stereocenters. The molecule has 0 bridgehead atoms. The van der Waals surface area contributed by atoms with Crippen LogP contribution in [0.3, 0.4) is 0 Å². The minimum absolute atomic E-state index is 0.0851. The molecule has 2 aromatic heterocycles. The van der Waals surface area contributed by atoms with Gasteiger partial charge in [-0.15, -0.1) is 46.2 Å². The molecule has 8 heterocycles. The molecule has 200 valence electrons. The van der Waals surface area contributed by atoms with Crippen LogP contribution in [0.25, 0.3) is 9.81 Å². The van der Waals surface area contributed by atoms with E-state index in [9.17, 15) is 0 Å². The second kappa shape index (κ2) is 9.14. The van der Waals surface area contributed by atoms with E-state index in [0.717, 1.165) is 74.7 Å². The average Bonchev–Trinajstić information content (AvgIpc) is 3.70. The van der Waals surface area contributed by atoms with Gasteiger partial charge >= 0.3 is 0 Å². The Balaban J connectivity index is 1.33. The zero-order valence-electron chi connectivity index (χ0n) is 20.7. The number of ether oxygens (including phenoxy) is 8. The van der Waals surface area contributed by atoms with E-state index in [1.807, 2.05) is 0 Å². The molecule has 0 aromatic carbocycles. The van der Waals surface area contributed by atoms with Crippen molar-refractivity contribution in [2.75, 3.05) is 52.9 Å². The topological polar surface area (TPSA) is 73.8 Å². The molecule has 0 N–H and O–H groups in total. The summed E-state index contributed by atoms with van der Waals surface area (Å²) in [7, 11) is 0. The molecule has 6 aliphatic rings. The summed E-state index contributed by atoms with van der Waals surface area (Å²) in [5, 5.41) is 0.0989. The number of aryl methyl sites for hydroxylation is 1. The Bertz CT molecular complexity index is 1530. The van der Waals surface area contributed by atoms with E-state index in [2.05, 4.69) is 13.8 Å². The van der Waals surface area contributed by atoms with E-state index < -0.39 is 0 Å². The predicted molar refractivity (Wildman–Crippen MR) is 147 cm³/mol. The zero-order chi connectivity index (χ0) is 25.4. The van der Waals surface area contributed by atoms with E-state index >= 15 is 0 Å². The lowest BCUT2D eigenvalue weighted by molar-refractivity contribution is 0.0703. The fourth-order valence-corrected chi connectivity index (χ4v) is 10.5. The lowest BCUT2D eigenvalue weighted by Gasteiger charge is -2.21. The zero-order valence-corrected chi connectivity index (χ0v) is 24.0. The van der Waals surface area contributed by atoms with E-state index in [0.29, 0.717) is 52.9 Å². The molecule has 0 aliphatic carbocycles. The highest BCUT2D eigenvalue weighted by Crippen LogP contribution is 2.60. The third-order valence-electron chi connectivity index (χ3n) is 6.81. The van der Waals surface area contributed by atoms with E-state index in [-0.39, 0.29) is 10.5 Å². The van der Waals surface area contributed by atoms with Crippen molar-refractivity contribution < 1.29 is 37.9 Å². The summed E-state index contributed by atoms with van der Waals surface area (Å²) in [6.07, 6.45) is 0. The maximum Gasteiger partial charge on any atom is 0.181 e. The third-order valence-corrected chi connectivity index (χ3v) is 12.0. The fraction of sp³-hybridized carbons (Fsp3) is 0.462. The van der Waals surface area contributed by atoms with Gasteiger partial charge in [-0.2, -0.15) is 0 Å². The summed E-state index contributed by atoms with van der Waals surface area (Å²) >= 11 is 6.82. The van der Waals surface area contributed by atoms with Gasteiger partial charge in [-0.25, -0.2) is 0 Å². The highest BCUT2D eigenvalue weighted by molar-refractivity contribution is 8.09. The van der Waals surface area contributed by atoms with Gasteiger partial charge in [0, 0.05) is 4.88 Å². The molecular formula is C26H24O8S4. The Morgan fingerprint density at radius 2 is 1.08 bits per heavy atom. The summed E-state index contributed by atoms with van der Waals surface area (Å²) in [6.45, 7) is 8.46. The minimum Gasteiger partial charge on any atom is -0.489 e. The molecular weight excluding hydrogens is 569 g/mol. The van der Waals surface area contributed by atoms with Crippen LogP contribution in [-0.2, 0) is 18.9 Å². The van der Waals surface area contributed by atoms with Crippen LogP contribution in [0.1, 0.15) is 21.9 Å². The molecule has 0 fully saturated rings. The lowest BCUT2D eigenvalue weighted by Crippen LogP contribution is -2.21. The monoisotopic (exact) mass is 592 g/mol. The van der Waals surface area contributed by atoms with Crippen molar-refractivity contribution in [2.45, 2.75) is 24.3 Å². The molecule has 0 amide bonds. The number of rotatable bonds is 1. The molecule has 8 nitrogen and oxygen atoms in total. The quantitative estimate of drug-likeness (QED) is 0.485. The first-order chi connectivity index (χ1) is 18.7. The first kappa shape index (κ1) is 23.6. The SMILES string of the molecule is Cc1sc(C2S/C(=c3/s/c(=C4/SC(C)C5=C4OCCO5)c4c3OCCO4)C3=C2OCCO3)c2c1OCCO2. The van der Waals surface area contributed by atoms with Crippen LogP contribution in [0, 0.1) is 6.92 Å². The summed E-state index contributed by atoms with van der Waals surface area (Å²) in [5.74, 6) is 6.56. The molecule has 6 aliphatic heterocycles. The second-order valence-corrected chi connectivity index (χ2v) is 13.9. The van der Waals surface area contributed by atoms with E-state index in [4.69, 9.17) is 37.9 Å². The fourth-order valence-electron chi connectivity index (χ4n) is 5.25. The molecule has 0 saturated heterocycles. The normalized spacial score (nSPS) is 28.3. The van der Waals surface area contributed by atoms with Gasteiger partial charge in [0.15, 0.2) is 46.0 Å². The maximum atomic E-state index is 6.27. The number of thioether (sulfide) groups is 2. The van der Waals surface area contributed by atoms with Gasteiger partial charge in [-0.1, -0.05) is 0 Å². The van der Waals surface area contributed by atoms with Crippen LogP contribution in [-0.4, -0.2) is 58.1 Å². The van der Waals surface area contributed by atoms with Crippen LogP contribution >= 0.6 is 46.2 Å². The Morgan fingerprint density at radius 1 is 0.553 bits per heavy atom. The van der Waals surface area contributed by atoms with Gasteiger partial charge in [0.1, 0.15) is 58.1 Å². The molecule has 0 saturated carbocycles. The first-order valence-corrected chi connectivity index (χ1v) is 16.0. The van der Waals surface area contributed by atoms with Crippen molar-refractivity contribution in [1.29, 1.82) is 0 Å². The van der Waals surface area contributed by atoms with Crippen LogP contribution in [0.15, 0.2) is 23.0 Å². The Kier molecular flexibility index (Phi) is 5.68. The van der Waals surface area contributed by atoms with Crippen LogP contribution in [0.2, 0.25) is 0 Å². The standard InChI is InChI=1S/C26H24O8S4/c1-11-13-15(29-5-3-27-13)21(35-11)23-17-19(33-9-7-31-17)25(37-23)26-20-18(32-8-10-34-20)24(38-26)22-16-14(12(2)36-22)28-4-6-30-16/h11,24H,3-10H2,1-2H3/b23-21+,26-25+. The van der Waals surface area contributed by atoms with E-state index in [1.54, 1.807) is 46.2 Å². The molecule has 38 heavy (non-hydrogen) atoms. The lowest BCUT2D eigenvalue weighted by atomic mass is 10.2. The van der Waals surface area contributed by atoms with Gasteiger partial charge < -0.3 is 37.9 Å². The maximum absolute atomic E-state index is 6.27. The Morgan fingerprint density at radius 3 is 1.79 bits per heavy atom. The summed E-state index contributed by atoms with van der Waals surface area (Å²) in [6, 6.07) is 0. The van der Waals surface area contributed by atoms with Gasteiger partial charge in [-0.05, 0) is 13.8 Å². The van der Waals surface area contributed by atoms with Crippen LogP contribution in [0.5, 0.6) is 23.0 Å². The Hall–Kier alpha value is -2.28. The van der Waals surface area contributed by atoms with E-state index in [1.165, 1.54) is 0 Å². The number of hydrogen-bond acceptors (Lipinski definition) is 12.